The Morgan fingerprint density at radius 3 is 0.500 bits per heavy atom. The van der Waals surface area contributed by atoms with Gasteiger partial charge in [0.2, 0.25) is 0 Å². The van der Waals surface area contributed by atoms with Crippen LogP contribution in [0.3, 0.4) is 0 Å². The zero-order valence-electron chi connectivity index (χ0n) is 25.5. The molecule has 0 aromatic heterocycles. The second kappa shape index (κ2) is 25.8. The van der Waals surface area contributed by atoms with Crippen LogP contribution in [0.4, 0.5) is 0 Å². The van der Waals surface area contributed by atoms with Gasteiger partial charge in [0.1, 0.15) is 0 Å². The van der Waals surface area contributed by atoms with Gasteiger partial charge in [0.15, 0.2) is 0 Å². The van der Waals surface area contributed by atoms with Crippen molar-refractivity contribution >= 4 is 0 Å². The Hall–Kier alpha value is -0.160. The predicted molar refractivity (Wildman–Crippen MR) is 178 cm³/mol. The minimum absolute atomic E-state index is 0. The Labute approximate surface area is 244 Å². The van der Waals surface area contributed by atoms with Gasteiger partial charge in [-0.2, -0.15) is 0 Å². The lowest BCUT2D eigenvalue weighted by molar-refractivity contribution is 0.185. The van der Waals surface area contributed by atoms with Crippen LogP contribution in [0.15, 0.2) is 0 Å². The van der Waals surface area contributed by atoms with Gasteiger partial charge < -0.3 is 19.6 Å². The van der Waals surface area contributed by atoms with Crippen LogP contribution in [0.5, 0.6) is 0 Å². The van der Waals surface area contributed by atoms with Crippen molar-refractivity contribution in [2.24, 2.45) is 0 Å². The normalized spacial score (nSPS) is 21.2. The van der Waals surface area contributed by atoms with Crippen LogP contribution < -0.4 is 0 Å². The smallest absolute Gasteiger partial charge is 0.00385 e. The molecular formula is C34H78N4. The molecule has 0 bridgehead atoms. The van der Waals surface area contributed by atoms with Crippen LogP contribution >= 0.6 is 0 Å². The third kappa shape index (κ3) is 19.8. The Morgan fingerprint density at radius 2 is 0.395 bits per heavy atom. The zero-order valence-corrected chi connectivity index (χ0v) is 25.5. The maximum atomic E-state index is 2.56. The Morgan fingerprint density at radius 1 is 0.263 bits per heavy atom. The highest BCUT2D eigenvalue weighted by atomic mass is 15.2. The van der Waals surface area contributed by atoms with Crippen molar-refractivity contribution in [3.05, 3.63) is 0 Å². The molecule has 4 nitrogen and oxygen atoms in total. The maximum Gasteiger partial charge on any atom is 0.00385 e. The molecule has 4 aliphatic heterocycles. The lowest BCUT2D eigenvalue weighted by Gasteiger charge is -2.29. The molecule has 0 aromatic rings. The molecule has 38 heavy (non-hydrogen) atoms. The summed E-state index contributed by atoms with van der Waals surface area (Å²) >= 11 is 0. The van der Waals surface area contributed by atoms with Crippen molar-refractivity contribution in [3.8, 4) is 0 Å². The number of hydrogen-bond acceptors (Lipinski definition) is 4. The fourth-order valence-corrected chi connectivity index (χ4v) is 5.56. The van der Waals surface area contributed by atoms with Gasteiger partial charge in [-0.3, -0.25) is 0 Å². The monoisotopic (exact) mass is 543 g/mol. The molecule has 4 fully saturated rings. The average Bonchev–Trinajstić information content (AvgIpc) is 3.43. The lowest BCUT2D eigenvalue weighted by atomic mass is 10.1. The molecule has 234 valence electrons. The molecule has 4 heteroatoms. The first-order chi connectivity index (χ1) is 16.7. The first-order valence-electron chi connectivity index (χ1n) is 15.7. The van der Waals surface area contributed by atoms with E-state index in [1.54, 1.807) is 0 Å². The summed E-state index contributed by atoms with van der Waals surface area (Å²) in [6.07, 6.45) is 15.7. The van der Waals surface area contributed by atoms with E-state index in [4.69, 9.17) is 0 Å². The van der Waals surface area contributed by atoms with Gasteiger partial charge in [0.05, 0.1) is 0 Å². The van der Waals surface area contributed by atoms with E-state index < -0.39 is 0 Å². The first kappa shape index (κ1) is 42.3. The third-order valence-corrected chi connectivity index (χ3v) is 8.23. The van der Waals surface area contributed by atoms with Crippen LogP contribution in [0, 0.1) is 0 Å². The summed E-state index contributed by atoms with van der Waals surface area (Å²) in [7, 11) is 0. The predicted octanol–water partition coefficient (Wildman–Crippen LogP) is 9.04. The summed E-state index contributed by atoms with van der Waals surface area (Å²) in [6, 6.07) is 3.08. The molecule has 0 radical (unpaired) electrons. The van der Waals surface area contributed by atoms with Crippen molar-refractivity contribution in [3.63, 3.8) is 0 Å². The summed E-state index contributed by atoms with van der Waals surface area (Å²) in [5.41, 5.74) is 0. The summed E-state index contributed by atoms with van der Waals surface area (Å²) in [5.74, 6) is 0. The number of likely N-dealkylation sites (tertiary alicyclic amines) is 4. The highest BCUT2D eigenvalue weighted by Crippen LogP contribution is 2.13. The van der Waals surface area contributed by atoms with Gasteiger partial charge in [-0.05, 0) is 159 Å². The molecule has 0 saturated carbocycles. The van der Waals surface area contributed by atoms with Gasteiger partial charge in [0.25, 0.3) is 0 Å². The van der Waals surface area contributed by atoms with E-state index in [0.29, 0.717) is 0 Å². The fourth-order valence-electron chi connectivity index (χ4n) is 5.56. The standard InChI is InChI=1S/3C8H17N.C7H15N.3CH4/c3*1-8(2)9-6-4-3-5-7-9;1-7(2)8-5-3-4-6-8;;;/h3*8H,3-7H2,1-2H3;7H,3-6H2,1-2H3;3*1H4. The summed E-state index contributed by atoms with van der Waals surface area (Å²) in [5, 5.41) is 0. The largest absolute Gasteiger partial charge is 0.301 e. The van der Waals surface area contributed by atoms with Crippen molar-refractivity contribution < 1.29 is 0 Å². The molecule has 0 atom stereocenters. The van der Waals surface area contributed by atoms with Crippen molar-refractivity contribution in [2.45, 2.75) is 172 Å². The molecule has 0 unspecified atom stereocenters. The van der Waals surface area contributed by atoms with E-state index in [2.05, 4.69) is 75.0 Å². The zero-order chi connectivity index (χ0) is 26.1. The number of rotatable bonds is 4. The molecule has 4 heterocycles. The number of piperidine rings is 3. The minimum atomic E-state index is 0. The highest BCUT2D eigenvalue weighted by molar-refractivity contribution is 4.70. The van der Waals surface area contributed by atoms with E-state index in [-0.39, 0.29) is 22.3 Å². The molecule has 0 N–H and O–H groups in total. The lowest BCUT2D eigenvalue weighted by Crippen LogP contribution is -2.35. The maximum absolute atomic E-state index is 2.56. The topological polar surface area (TPSA) is 13.0 Å². The molecule has 4 aliphatic rings. The average molecular weight is 543 g/mol. The van der Waals surface area contributed by atoms with Gasteiger partial charge in [-0.15, -0.1) is 0 Å². The van der Waals surface area contributed by atoms with E-state index in [9.17, 15) is 0 Å². The number of hydrogen-bond donors (Lipinski definition) is 0. The van der Waals surface area contributed by atoms with Crippen LogP contribution in [-0.4, -0.2) is 96.1 Å². The Balaban J connectivity index is -0.000000419. The minimum Gasteiger partial charge on any atom is -0.301 e. The van der Waals surface area contributed by atoms with Crippen molar-refractivity contribution in [1.29, 1.82) is 0 Å². The van der Waals surface area contributed by atoms with E-state index in [0.717, 1.165) is 24.2 Å². The van der Waals surface area contributed by atoms with Gasteiger partial charge in [0, 0.05) is 24.2 Å². The quantitative estimate of drug-likeness (QED) is 0.351. The highest BCUT2D eigenvalue weighted by Gasteiger charge is 2.14. The van der Waals surface area contributed by atoms with Crippen molar-refractivity contribution in [2.75, 3.05) is 52.4 Å². The van der Waals surface area contributed by atoms with Gasteiger partial charge in [-0.25, -0.2) is 0 Å². The van der Waals surface area contributed by atoms with Crippen molar-refractivity contribution in [1.82, 2.24) is 19.6 Å². The number of nitrogens with zero attached hydrogens (tertiary/aromatic N) is 4. The van der Waals surface area contributed by atoms with Crippen LogP contribution in [0.1, 0.15) is 148 Å². The van der Waals surface area contributed by atoms with E-state index in [1.807, 2.05) is 0 Å². The van der Waals surface area contributed by atoms with E-state index >= 15 is 0 Å². The SMILES string of the molecule is C.C.C.CC(C)N1CCCC1.CC(C)N1CCCCC1.CC(C)N1CCCCC1.CC(C)N1CCCCC1. The first-order valence-corrected chi connectivity index (χ1v) is 15.7. The summed E-state index contributed by atoms with van der Waals surface area (Å²) in [4.78, 5) is 10.2. The summed E-state index contributed by atoms with van der Waals surface area (Å²) in [6.45, 7) is 28.9. The molecule has 0 aliphatic carbocycles. The molecule has 4 saturated heterocycles. The van der Waals surface area contributed by atoms with Crippen LogP contribution in [0.25, 0.3) is 0 Å². The van der Waals surface area contributed by atoms with Gasteiger partial charge >= 0.3 is 0 Å². The molecular weight excluding hydrogens is 464 g/mol. The molecule has 0 spiro atoms. The second-order valence-corrected chi connectivity index (χ2v) is 12.4. The van der Waals surface area contributed by atoms with E-state index in [1.165, 1.54) is 123 Å². The van der Waals surface area contributed by atoms with Gasteiger partial charge in [-0.1, -0.05) is 41.5 Å². The Bertz CT molecular complexity index is 401. The molecule has 0 aromatic carbocycles. The third-order valence-electron chi connectivity index (χ3n) is 8.23. The summed E-state index contributed by atoms with van der Waals surface area (Å²) < 4.78 is 0. The second-order valence-electron chi connectivity index (χ2n) is 12.4. The fraction of sp³-hybridized carbons (Fsp3) is 1.00. The Kier molecular flexibility index (Phi) is 28.7. The molecule has 0 amide bonds. The van der Waals surface area contributed by atoms with Crippen LogP contribution in [-0.2, 0) is 0 Å². The molecule has 4 rings (SSSR count). The van der Waals surface area contributed by atoms with Crippen LogP contribution in [0.2, 0.25) is 0 Å².